The summed E-state index contributed by atoms with van der Waals surface area (Å²) in [5.41, 5.74) is 0. The monoisotopic (exact) mass is 144 g/mol. The minimum absolute atomic E-state index is 0.0160. The SMILES string of the molecule is CCC=COC(=O)OC=O. The summed E-state index contributed by atoms with van der Waals surface area (Å²) in [6.07, 6.45) is 2.53. The third-order valence-corrected chi connectivity index (χ3v) is 0.641. The standard InChI is InChI=1S/C6H8O4/c1-2-3-4-9-6(8)10-5-7/h3-5H,2H2,1H3. The van der Waals surface area contributed by atoms with E-state index in [0.717, 1.165) is 6.42 Å². The zero-order valence-electron chi connectivity index (χ0n) is 5.57. The smallest absolute Gasteiger partial charge is 0.403 e. The highest BCUT2D eigenvalue weighted by molar-refractivity contribution is 5.69. The maximum Gasteiger partial charge on any atom is 0.520 e. The maximum absolute atomic E-state index is 10.2. The van der Waals surface area contributed by atoms with E-state index in [9.17, 15) is 9.59 Å². The number of hydrogen-bond acceptors (Lipinski definition) is 4. The van der Waals surface area contributed by atoms with Gasteiger partial charge in [0, 0.05) is 0 Å². The molecule has 0 heterocycles. The van der Waals surface area contributed by atoms with Crippen molar-refractivity contribution in [1.29, 1.82) is 0 Å². The summed E-state index contributed by atoms with van der Waals surface area (Å²) in [4.78, 5) is 19.7. The molecule has 0 unspecified atom stereocenters. The van der Waals surface area contributed by atoms with Gasteiger partial charge in [-0.25, -0.2) is 4.79 Å². The molecular formula is C6H8O4. The van der Waals surface area contributed by atoms with E-state index in [1.165, 1.54) is 6.26 Å². The van der Waals surface area contributed by atoms with Crippen LogP contribution >= 0.6 is 0 Å². The number of ether oxygens (including phenoxy) is 2. The van der Waals surface area contributed by atoms with Gasteiger partial charge in [0.1, 0.15) is 0 Å². The second-order valence-electron chi connectivity index (χ2n) is 1.36. The molecule has 0 aromatic heterocycles. The van der Waals surface area contributed by atoms with Gasteiger partial charge in [-0.15, -0.1) is 0 Å². The second kappa shape index (κ2) is 5.81. The molecule has 0 aromatic carbocycles. The summed E-state index contributed by atoms with van der Waals surface area (Å²) in [7, 11) is 0. The van der Waals surface area contributed by atoms with Gasteiger partial charge in [-0.2, -0.15) is 0 Å². The molecule has 0 saturated carbocycles. The zero-order valence-corrected chi connectivity index (χ0v) is 5.57. The van der Waals surface area contributed by atoms with Crippen molar-refractivity contribution in [1.82, 2.24) is 0 Å². The summed E-state index contributed by atoms with van der Waals surface area (Å²) in [6, 6.07) is 0. The van der Waals surface area contributed by atoms with Gasteiger partial charge in [0.2, 0.25) is 0 Å². The fraction of sp³-hybridized carbons (Fsp3) is 0.333. The van der Waals surface area contributed by atoms with E-state index in [0.29, 0.717) is 0 Å². The Bertz CT molecular complexity index is 139. The van der Waals surface area contributed by atoms with Crippen molar-refractivity contribution < 1.29 is 19.1 Å². The van der Waals surface area contributed by atoms with E-state index in [-0.39, 0.29) is 6.47 Å². The van der Waals surface area contributed by atoms with Gasteiger partial charge < -0.3 is 9.47 Å². The molecule has 10 heavy (non-hydrogen) atoms. The Morgan fingerprint density at radius 3 is 2.70 bits per heavy atom. The van der Waals surface area contributed by atoms with E-state index in [1.807, 2.05) is 6.92 Å². The van der Waals surface area contributed by atoms with Crippen LogP contribution in [0.25, 0.3) is 0 Å². The summed E-state index contributed by atoms with van der Waals surface area (Å²) >= 11 is 0. The molecule has 0 fully saturated rings. The molecule has 0 aliphatic heterocycles. The van der Waals surface area contributed by atoms with Crippen molar-refractivity contribution in [3.63, 3.8) is 0 Å². The van der Waals surface area contributed by atoms with Crippen LogP contribution in [0.2, 0.25) is 0 Å². The lowest BCUT2D eigenvalue weighted by molar-refractivity contribution is -0.124. The Hall–Kier alpha value is -1.32. The third-order valence-electron chi connectivity index (χ3n) is 0.641. The van der Waals surface area contributed by atoms with Crippen LogP contribution in [0.5, 0.6) is 0 Å². The second-order valence-corrected chi connectivity index (χ2v) is 1.36. The topological polar surface area (TPSA) is 52.6 Å². The number of carbonyl (C=O) groups excluding carboxylic acids is 2. The maximum atomic E-state index is 10.2. The number of rotatable bonds is 3. The molecule has 0 saturated heterocycles. The number of carbonyl (C=O) groups is 2. The predicted molar refractivity (Wildman–Crippen MR) is 33.1 cm³/mol. The van der Waals surface area contributed by atoms with Crippen LogP contribution in [0.15, 0.2) is 12.3 Å². The molecule has 4 heteroatoms. The Morgan fingerprint density at radius 2 is 2.20 bits per heavy atom. The van der Waals surface area contributed by atoms with Crippen LogP contribution in [0, 0.1) is 0 Å². The lowest BCUT2D eigenvalue weighted by Crippen LogP contribution is -2.00. The largest absolute Gasteiger partial charge is 0.520 e. The predicted octanol–water partition coefficient (Wildman–Crippen LogP) is 1.22. The van der Waals surface area contributed by atoms with Gasteiger partial charge in [0.15, 0.2) is 0 Å². The molecule has 56 valence electrons. The first-order valence-electron chi connectivity index (χ1n) is 2.77. The van der Waals surface area contributed by atoms with E-state index in [4.69, 9.17) is 0 Å². The van der Waals surface area contributed by atoms with Crippen LogP contribution in [-0.2, 0) is 14.3 Å². The van der Waals surface area contributed by atoms with Crippen molar-refractivity contribution in [2.24, 2.45) is 0 Å². The van der Waals surface area contributed by atoms with Crippen LogP contribution in [0.4, 0.5) is 4.79 Å². The Kier molecular flexibility index (Phi) is 5.04. The average molecular weight is 144 g/mol. The minimum atomic E-state index is -1.01. The zero-order chi connectivity index (χ0) is 7.82. The van der Waals surface area contributed by atoms with Crippen molar-refractivity contribution in [2.75, 3.05) is 0 Å². The molecule has 0 aliphatic rings. The van der Waals surface area contributed by atoms with Gasteiger partial charge in [-0.05, 0) is 12.5 Å². The lowest BCUT2D eigenvalue weighted by Gasteiger charge is -1.91. The number of allylic oxidation sites excluding steroid dienone is 1. The van der Waals surface area contributed by atoms with Gasteiger partial charge in [-0.3, -0.25) is 4.79 Å². The summed E-state index contributed by atoms with van der Waals surface area (Å²) in [5.74, 6) is 0. The molecule has 0 N–H and O–H groups in total. The van der Waals surface area contributed by atoms with Crippen LogP contribution < -0.4 is 0 Å². The first kappa shape index (κ1) is 8.68. The van der Waals surface area contributed by atoms with Gasteiger partial charge in [0.25, 0.3) is 0 Å². The highest BCUT2D eigenvalue weighted by atomic mass is 16.7. The fourth-order valence-corrected chi connectivity index (χ4v) is 0.267. The molecule has 4 nitrogen and oxygen atoms in total. The fourth-order valence-electron chi connectivity index (χ4n) is 0.267. The van der Waals surface area contributed by atoms with Crippen molar-refractivity contribution >= 4 is 12.6 Å². The summed E-state index contributed by atoms with van der Waals surface area (Å²) in [6.45, 7) is 1.90. The molecule has 0 spiro atoms. The van der Waals surface area contributed by atoms with Gasteiger partial charge in [0.05, 0.1) is 6.26 Å². The highest BCUT2D eigenvalue weighted by Crippen LogP contribution is 1.85. The lowest BCUT2D eigenvalue weighted by atomic mass is 10.5. The molecule has 0 amide bonds. The Balaban J connectivity index is 3.38. The minimum Gasteiger partial charge on any atom is -0.403 e. The van der Waals surface area contributed by atoms with Gasteiger partial charge in [-0.1, -0.05) is 6.92 Å². The van der Waals surface area contributed by atoms with E-state index >= 15 is 0 Å². The van der Waals surface area contributed by atoms with Crippen molar-refractivity contribution in [2.45, 2.75) is 13.3 Å². The molecule has 0 rings (SSSR count). The molecule has 0 atom stereocenters. The molecular weight excluding hydrogens is 136 g/mol. The first-order valence-corrected chi connectivity index (χ1v) is 2.77. The van der Waals surface area contributed by atoms with Crippen LogP contribution in [0.1, 0.15) is 13.3 Å². The van der Waals surface area contributed by atoms with Crippen molar-refractivity contribution in [3.8, 4) is 0 Å². The first-order chi connectivity index (χ1) is 4.81. The Labute approximate surface area is 58.4 Å². The molecule has 0 aliphatic carbocycles. The molecule has 0 bridgehead atoms. The van der Waals surface area contributed by atoms with E-state index < -0.39 is 6.16 Å². The van der Waals surface area contributed by atoms with Crippen LogP contribution in [0.3, 0.4) is 0 Å². The summed E-state index contributed by atoms with van der Waals surface area (Å²) < 4.78 is 8.05. The Morgan fingerprint density at radius 1 is 1.50 bits per heavy atom. The van der Waals surface area contributed by atoms with Crippen molar-refractivity contribution in [3.05, 3.63) is 12.3 Å². The molecule has 0 radical (unpaired) electrons. The third kappa shape index (κ3) is 4.83. The van der Waals surface area contributed by atoms with Crippen LogP contribution in [-0.4, -0.2) is 12.6 Å². The van der Waals surface area contributed by atoms with Gasteiger partial charge >= 0.3 is 12.6 Å². The number of hydrogen-bond donors (Lipinski definition) is 0. The molecule has 0 aromatic rings. The van der Waals surface area contributed by atoms with E-state index in [1.54, 1.807) is 6.08 Å². The van der Waals surface area contributed by atoms with E-state index in [2.05, 4.69) is 9.47 Å². The summed E-state index contributed by atoms with van der Waals surface area (Å²) in [5, 5.41) is 0. The quantitative estimate of drug-likeness (QED) is 0.258. The highest BCUT2D eigenvalue weighted by Gasteiger charge is 1.96. The normalized spacial score (nSPS) is 9.30. The average Bonchev–Trinajstić information content (AvgIpc) is 1.89.